The van der Waals surface area contributed by atoms with Crippen LogP contribution in [-0.4, -0.2) is 15.5 Å². The largest absolute Gasteiger partial charge is 0.487 e. The lowest BCUT2D eigenvalue weighted by Crippen LogP contribution is -2.08. The Morgan fingerprint density at radius 1 is 1.14 bits per heavy atom. The summed E-state index contributed by atoms with van der Waals surface area (Å²) in [5.41, 5.74) is 3.45. The van der Waals surface area contributed by atoms with E-state index >= 15 is 0 Å². The van der Waals surface area contributed by atoms with Gasteiger partial charge in [0.2, 0.25) is 0 Å². The van der Waals surface area contributed by atoms with Crippen LogP contribution in [0.3, 0.4) is 0 Å². The Kier molecular flexibility index (Phi) is 3.49. The van der Waals surface area contributed by atoms with Crippen molar-refractivity contribution >= 4 is 16.8 Å². The van der Waals surface area contributed by atoms with Crippen LogP contribution in [0.25, 0.3) is 22.3 Å². The van der Waals surface area contributed by atoms with Crippen LogP contribution in [0.5, 0.6) is 5.75 Å². The Morgan fingerprint density at radius 2 is 1.96 bits per heavy atom. The van der Waals surface area contributed by atoms with Crippen LogP contribution in [0.1, 0.15) is 21.5 Å². The molecule has 2 aromatic carbocycles. The summed E-state index contributed by atoms with van der Waals surface area (Å²) >= 11 is 0. The number of carbonyl (C=O) groups excluding carboxylic acids is 1. The highest BCUT2D eigenvalue weighted by molar-refractivity contribution is 6.13. The fourth-order valence-electron chi connectivity index (χ4n) is 3.45. The molecule has 134 valence electrons. The second-order valence-corrected chi connectivity index (χ2v) is 6.49. The molecule has 0 atom stereocenters. The SMILES string of the molecule is N#Cc1ccc2c(OCc3ccc(F)cc3)c3c(nc2c1)-c1cccn1C3=O. The van der Waals surface area contributed by atoms with Crippen molar-refractivity contribution in [1.82, 2.24) is 9.55 Å². The average molecular weight is 369 g/mol. The van der Waals surface area contributed by atoms with E-state index in [-0.39, 0.29) is 18.3 Å². The number of ether oxygens (including phenoxy) is 1. The van der Waals surface area contributed by atoms with Crippen LogP contribution >= 0.6 is 0 Å². The van der Waals surface area contributed by atoms with Gasteiger partial charge in [0.25, 0.3) is 5.91 Å². The van der Waals surface area contributed by atoms with Crippen LogP contribution in [0.4, 0.5) is 4.39 Å². The smallest absolute Gasteiger partial charge is 0.268 e. The maximum absolute atomic E-state index is 13.2. The van der Waals surface area contributed by atoms with E-state index < -0.39 is 0 Å². The van der Waals surface area contributed by atoms with E-state index in [9.17, 15) is 14.4 Å². The second kappa shape index (κ2) is 6.03. The van der Waals surface area contributed by atoms with Gasteiger partial charge in [-0.1, -0.05) is 12.1 Å². The summed E-state index contributed by atoms with van der Waals surface area (Å²) in [5, 5.41) is 9.85. The Labute approximate surface area is 159 Å². The van der Waals surface area contributed by atoms with E-state index in [1.165, 1.54) is 16.7 Å². The minimum Gasteiger partial charge on any atom is -0.487 e. The van der Waals surface area contributed by atoms with E-state index in [4.69, 9.17) is 4.74 Å². The Bertz CT molecular complexity index is 1300. The molecular formula is C22H12FN3O2. The molecule has 1 aliphatic heterocycles. The number of nitriles is 1. The highest BCUT2D eigenvalue weighted by Crippen LogP contribution is 2.41. The second-order valence-electron chi connectivity index (χ2n) is 6.49. The highest BCUT2D eigenvalue weighted by atomic mass is 19.1. The molecule has 0 amide bonds. The fraction of sp³-hybridized carbons (Fsp3) is 0.0455. The summed E-state index contributed by atoms with van der Waals surface area (Å²) in [4.78, 5) is 17.6. The number of halogens is 1. The van der Waals surface area contributed by atoms with Gasteiger partial charge in [0.15, 0.2) is 0 Å². The molecular weight excluding hydrogens is 357 g/mol. The van der Waals surface area contributed by atoms with Gasteiger partial charge in [-0.15, -0.1) is 0 Å². The third kappa shape index (κ3) is 2.37. The third-order valence-corrected chi connectivity index (χ3v) is 4.79. The minimum absolute atomic E-state index is 0.175. The van der Waals surface area contributed by atoms with Gasteiger partial charge in [-0.25, -0.2) is 9.37 Å². The molecule has 0 spiro atoms. The van der Waals surface area contributed by atoms with Crippen LogP contribution in [-0.2, 0) is 6.61 Å². The first-order chi connectivity index (χ1) is 13.7. The molecule has 4 aromatic rings. The number of pyridine rings is 1. The minimum atomic E-state index is -0.322. The van der Waals surface area contributed by atoms with Gasteiger partial charge in [0.1, 0.15) is 29.4 Å². The monoisotopic (exact) mass is 369 g/mol. The summed E-state index contributed by atoms with van der Waals surface area (Å²) in [6.45, 7) is 0.175. The molecule has 2 aromatic heterocycles. The molecule has 3 heterocycles. The molecule has 0 bridgehead atoms. The summed E-state index contributed by atoms with van der Waals surface area (Å²) in [5.74, 6) is -0.108. The molecule has 0 fully saturated rings. The number of carbonyl (C=O) groups is 1. The van der Waals surface area contributed by atoms with Crippen molar-refractivity contribution in [3.8, 4) is 23.2 Å². The molecule has 0 N–H and O–H groups in total. The predicted molar refractivity (Wildman–Crippen MR) is 100 cm³/mol. The maximum Gasteiger partial charge on any atom is 0.268 e. The van der Waals surface area contributed by atoms with Gasteiger partial charge in [-0.05, 0) is 48.0 Å². The van der Waals surface area contributed by atoms with E-state index in [0.717, 1.165) is 5.56 Å². The number of hydrogen-bond acceptors (Lipinski definition) is 4. The lowest BCUT2D eigenvalue weighted by molar-refractivity contribution is 0.0965. The van der Waals surface area contributed by atoms with Crippen molar-refractivity contribution in [2.24, 2.45) is 0 Å². The molecule has 5 nitrogen and oxygen atoms in total. The van der Waals surface area contributed by atoms with Crippen molar-refractivity contribution in [3.63, 3.8) is 0 Å². The zero-order valence-corrected chi connectivity index (χ0v) is 14.5. The van der Waals surface area contributed by atoms with Gasteiger partial charge in [0, 0.05) is 11.6 Å². The molecule has 0 saturated carbocycles. The predicted octanol–water partition coefficient (Wildman–Crippen LogP) is 4.29. The molecule has 0 unspecified atom stereocenters. The zero-order valence-electron chi connectivity index (χ0n) is 14.5. The Balaban J connectivity index is 1.68. The van der Waals surface area contributed by atoms with E-state index in [1.54, 1.807) is 42.6 Å². The van der Waals surface area contributed by atoms with Crippen molar-refractivity contribution in [1.29, 1.82) is 5.26 Å². The van der Waals surface area contributed by atoms with E-state index in [0.29, 0.717) is 39.2 Å². The third-order valence-electron chi connectivity index (χ3n) is 4.79. The van der Waals surface area contributed by atoms with Crippen LogP contribution in [0, 0.1) is 17.1 Å². The van der Waals surface area contributed by atoms with E-state index in [1.807, 2.05) is 6.07 Å². The standard InChI is InChI=1S/C22H12FN3O2/c23-15-6-3-13(4-7-15)12-28-21-16-8-5-14(11-24)10-17(16)25-20-18-2-1-9-26(18)22(27)19(20)21/h1-10H,12H2. The maximum atomic E-state index is 13.2. The first-order valence-corrected chi connectivity index (χ1v) is 8.63. The summed E-state index contributed by atoms with van der Waals surface area (Å²) in [6, 6.07) is 16.8. The van der Waals surface area contributed by atoms with Crippen molar-refractivity contribution in [3.05, 3.63) is 83.3 Å². The number of fused-ring (bicyclic) bond motifs is 4. The molecule has 0 radical (unpaired) electrons. The van der Waals surface area contributed by atoms with E-state index in [2.05, 4.69) is 11.1 Å². The lowest BCUT2D eigenvalue weighted by Gasteiger charge is -2.13. The van der Waals surface area contributed by atoms with Crippen molar-refractivity contribution in [2.75, 3.05) is 0 Å². The fourth-order valence-corrected chi connectivity index (χ4v) is 3.45. The molecule has 1 aliphatic rings. The normalized spacial score (nSPS) is 11.9. The molecule has 5 rings (SSSR count). The first kappa shape index (κ1) is 16.2. The number of rotatable bonds is 3. The molecule has 0 aliphatic carbocycles. The van der Waals surface area contributed by atoms with Gasteiger partial charge >= 0.3 is 0 Å². The van der Waals surface area contributed by atoms with Gasteiger partial charge < -0.3 is 4.74 Å². The van der Waals surface area contributed by atoms with Gasteiger partial charge in [-0.3, -0.25) is 9.36 Å². The summed E-state index contributed by atoms with van der Waals surface area (Å²) < 4.78 is 20.7. The van der Waals surface area contributed by atoms with Crippen LogP contribution in [0.15, 0.2) is 60.8 Å². The van der Waals surface area contributed by atoms with Crippen LogP contribution < -0.4 is 4.74 Å². The van der Waals surface area contributed by atoms with Crippen molar-refractivity contribution in [2.45, 2.75) is 6.61 Å². The Morgan fingerprint density at radius 3 is 2.75 bits per heavy atom. The summed E-state index contributed by atoms with van der Waals surface area (Å²) in [7, 11) is 0. The number of nitrogens with zero attached hydrogens (tertiary/aromatic N) is 3. The average Bonchev–Trinajstić information content (AvgIpc) is 3.29. The number of aromatic nitrogens is 2. The van der Waals surface area contributed by atoms with Gasteiger partial charge in [0.05, 0.1) is 22.8 Å². The molecule has 6 heteroatoms. The number of hydrogen-bond donors (Lipinski definition) is 0. The topological polar surface area (TPSA) is 67.9 Å². The van der Waals surface area contributed by atoms with Gasteiger partial charge in [-0.2, -0.15) is 5.26 Å². The van der Waals surface area contributed by atoms with Crippen molar-refractivity contribution < 1.29 is 13.9 Å². The lowest BCUT2D eigenvalue weighted by atomic mass is 10.1. The highest BCUT2D eigenvalue weighted by Gasteiger charge is 2.32. The Hall–Kier alpha value is -3.98. The molecule has 28 heavy (non-hydrogen) atoms. The van der Waals surface area contributed by atoms with Crippen LogP contribution in [0.2, 0.25) is 0 Å². The summed E-state index contributed by atoms with van der Waals surface area (Å²) in [6.07, 6.45) is 1.69. The zero-order chi connectivity index (χ0) is 19.3. The molecule has 0 saturated heterocycles. The number of benzene rings is 2. The quantitative estimate of drug-likeness (QED) is 0.476. The first-order valence-electron chi connectivity index (χ1n) is 8.63.